The molecule has 0 saturated heterocycles. The Labute approximate surface area is 131 Å². The molecule has 5 heteroatoms. The predicted molar refractivity (Wildman–Crippen MR) is 90.0 cm³/mol. The fourth-order valence-corrected chi connectivity index (χ4v) is 4.03. The molecule has 1 unspecified atom stereocenters. The summed E-state index contributed by atoms with van der Waals surface area (Å²) in [4.78, 5) is 0.307. The second-order valence-electron chi connectivity index (χ2n) is 6.05. The Hall–Kier alpha value is -2.01. The van der Waals surface area contributed by atoms with Gasteiger partial charge in [0.1, 0.15) is 0 Å². The van der Waals surface area contributed by atoms with Crippen molar-refractivity contribution in [2.75, 3.05) is 10.0 Å². The van der Waals surface area contributed by atoms with E-state index in [2.05, 4.69) is 17.0 Å². The maximum atomic E-state index is 12.6. The molecule has 0 saturated carbocycles. The van der Waals surface area contributed by atoms with Gasteiger partial charge in [-0.15, -0.1) is 0 Å². The average Bonchev–Trinajstić information content (AvgIpc) is 2.75. The van der Waals surface area contributed by atoms with Crippen LogP contribution in [0.4, 0.5) is 11.4 Å². The van der Waals surface area contributed by atoms with E-state index in [1.165, 1.54) is 0 Å². The first-order chi connectivity index (χ1) is 10.3. The summed E-state index contributed by atoms with van der Waals surface area (Å²) in [6.07, 6.45) is 0.849. The second-order valence-corrected chi connectivity index (χ2v) is 7.73. The first kappa shape index (κ1) is 14.9. The number of nitrogens with one attached hydrogen (secondary N) is 2. The molecular formula is C17H20N2O2S. The Morgan fingerprint density at radius 2 is 1.77 bits per heavy atom. The minimum atomic E-state index is -3.56. The van der Waals surface area contributed by atoms with Crippen molar-refractivity contribution in [1.29, 1.82) is 0 Å². The molecule has 0 aliphatic carbocycles. The number of rotatable bonds is 3. The van der Waals surface area contributed by atoms with Crippen LogP contribution in [0.1, 0.15) is 23.6 Å². The van der Waals surface area contributed by atoms with Gasteiger partial charge in [0.2, 0.25) is 0 Å². The Morgan fingerprint density at radius 1 is 1.09 bits per heavy atom. The fraction of sp³-hybridized carbons (Fsp3) is 0.294. The van der Waals surface area contributed by atoms with Crippen molar-refractivity contribution in [3.63, 3.8) is 0 Å². The molecule has 1 aliphatic rings. The highest BCUT2D eigenvalue weighted by Gasteiger charge is 2.21. The molecule has 0 spiro atoms. The fourth-order valence-electron chi connectivity index (χ4n) is 2.94. The van der Waals surface area contributed by atoms with E-state index in [0.717, 1.165) is 28.8 Å². The van der Waals surface area contributed by atoms with Crippen molar-refractivity contribution in [2.24, 2.45) is 0 Å². The molecule has 0 aromatic heterocycles. The highest BCUT2D eigenvalue weighted by molar-refractivity contribution is 7.92. The van der Waals surface area contributed by atoms with Crippen molar-refractivity contribution in [3.8, 4) is 0 Å². The van der Waals surface area contributed by atoms with Crippen molar-refractivity contribution in [2.45, 2.75) is 38.1 Å². The van der Waals surface area contributed by atoms with Gasteiger partial charge in [0.15, 0.2) is 0 Å². The van der Waals surface area contributed by atoms with Crippen LogP contribution in [-0.4, -0.2) is 14.5 Å². The normalized spacial score (nSPS) is 17.0. The monoisotopic (exact) mass is 316 g/mol. The van der Waals surface area contributed by atoms with Crippen LogP contribution in [0.2, 0.25) is 0 Å². The van der Waals surface area contributed by atoms with E-state index in [-0.39, 0.29) is 0 Å². The largest absolute Gasteiger partial charge is 0.382 e. The summed E-state index contributed by atoms with van der Waals surface area (Å²) >= 11 is 0. The van der Waals surface area contributed by atoms with Crippen LogP contribution in [-0.2, 0) is 16.4 Å². The SMILES string of the molecule is Cc1cc(C)cc(NS(=O)(=O)c2ccc3c(c2)CC(C)N3)c1. The second kappa shape index (κ2) is 5.32. The highest BCUT2D eigenvalue weighted by Crippen LogP contribution is 2.29. The van der Waals surface area contributed by atoms with Crippen LogP contribution in [0, 0.1) is 13.8 Å². The highest BCUT2D eigenvalue weighted by atomic mass is 32.2. The minimum Gasteiger partial charge on any atom is -0.382 e. The predicted octanol–water partition coefficient (Wildman–Crippen LogP) is 3.46. The molecule has 4 nitrogen and oxygen atoms in total. The molecule has 116 valence electrons. The van der Waals surface area contributed by atoms with E-state index in [0.29, 0.717) is 16.6 Å². The van der Waals surface area contributed by atoms with Crippen LogP contribution in [0.5, 0.6) is 0 Å². The Kier molecular flexibility index (Phi) is 3.60. The molecule has 2 aromatic carbocycles. The lowest BCUT2D eigenvalue weighted by molar-refractivity contribution is 0.601. The molecule has 0 fully saturated rings. The third-order valence-electron chi connectivity index (χ3n) is 3.79. The van der Waals surface area contributed by atoms with Gasteiger partial charge in [-0.1, -0.05) is 6.07 Å². The van der Waals surface area contributed by atoms with Gasteiger partial charge >= 0.3 is 0 Å². The van der Waals surface area contributed by atoms with Gasteiger partial charge in [-0.25, -0.2) is 8.42 Å². The van der Waals surface area contributed by atoms with E-state index in [1.807, 2.05) is 38.1 Å². The third-order valence-corrected chi connectivity index (χ3v) is 5.17. The molecular weight excluding hydrogens is 296 g/mol. The van der Waals surface area contributed by atoms with Crippen molar-refractivity contribution in [1.82, 2.24) is 0 Å². The first-order valence-corrected chi connectivity index (χ1v) is 8.82. The van der Waals surface area contributed by atoms with Gasteiger partial charge in [-0.2, -0.15) is 0 Å². The Balaban J connectivity index is 1.92. The van der Waals surface area contributed by atoms with Gasteiger partial charge in [0.05, 0.1) is 4.90 Å². The molecule has 3 rings (SSSR count). The molecule has 1 aliphatic heterocycles. The van der Waals surface area contributed by atoms with E-state index in [1.54, 1.807) is 12.1 Å². The van der Waals surface area contributed by atoms with E-state index in [9.17, 15) is 8.42 Å². The number of aryl methyl sites for hydroxylation is 2. The summed E-state index contributed by atoms with van der Waals surface area (Å²) in [5.74, 6) is 0. The van der Waals surface area contributed by atoms with Crippen LogP contribution in [0.3, 0.4) is 0 Å². The third kappa shape index (κ3) is 2.95. The zero-order valence-corrected chi connectivity index (χ0v) is 13.8. The maximum Gasteiger partial charge on any atom is 0.261 e. The number of hydrogen-bond donors (Lipinski definition) is 2. The molecule has 0 bridgehead atoms. The summed E-state index contributed by atoms with van der Waals surface area (Å²) in [5.41, 5.74) is 4.74. The Bertz CT molecular complexity index is 808. The maximum absolute atomic E-state index is 12.6. The van der Waals surface area contributed by atoms with E-state index in [4.69, 9.17) is 0 Å². The molecule has 2 aromatic rings. The lowest BCUT2D eigenvalue weighted by Gasteiger charge is -2.11. The van der Waals surface area contributed by atoms with Crippen molar-refractivity contribution < 1.29 is 8.42 Å². The summed E-state index contributed by atoms with van der Waals surface area (Å²) in [6, 6.07) is 11.3. The summed E-state index contributed by atoms with van der Waals surface area (Å²) in [6.45, 7) is 5.99. The number of benzene rings is 2. The minimum absolute atomic E-state index is 0.307. The molecule has 0 amide bonds. The Morgan fingerprint density at radius 3 is 2.45 bits per heavy atom. The van der Waals surface area contributed by atoms with Crippen molar-refractivity contribution in [3.05, 3.63) is 53.1 Å². The van der Waals surface area contributed by atoms with Gasteiger partial charge in [-0.3, -0.25) is 4.72 Å². The van der Waals surface area contributed by atoms with Crippen molar-refractivity contribution >= 4 is 21.4 Å². The molecule has 1 atom stereocenters. The summed E-state index contributed by atoms with van der Waals surface area (Å²) in [5, 5.41) is 3.33. The number of fused-ring (bicyclic) bond motifs is 1. The van der Waals surface area contributed by atoms with Gasteiger partial charge < -0.3 is 5.32 Å². The molecule has 1 heterocycles. The first-order valence-electron chi connectivity index (χ1n) is 7.34. The van der Waals surface area contributed by atoms with E-state index < -0.39 is 10.0 Å². The number of anilines is 2. The topological polar surface area (TPSA) is 58.2 Å². The summed E-state index contributed by atoms with van der Waals surface area (Å²) < 4.78 is 27.8. The van der Waals surface area contributed by atoms with Gasteiger partial charge in [0, 0.05) is 17.4 Å². The molecule has 2 N–H and O–H groups in total. The smallest absolute Gasteiger partial charge is 0.261 e. The number of sulfonamides is 1. The lowest BCUT2D eigenvalue weighted by Crippen LogP contribution is -2.13. The van der Waals surface area contributed by atoms with Gasteiger partial charge in [0.25, 0.3) is 10.0 Å². The molecule has 0 radical (unpaired) electrons. The molecule has 22 heavy (non-hydrogen) atoms. The quantitative estimate of drug-likeness (QED) is 0.911. The van der Waals surface area contributed by atoms with Crippen LogP contribution < -0.4 is 10.0 Å². The summed E-state index contributed by atoms with van der Waals surface area (Å²) in [7, 11) is -3.56. The van der Waals surface area contributed by atoms with Crippen LogP contribution >= 0.6 is 0 Å². The van der Waals surface area contributed by atoms with E-state index >= 15 is 0 Å². The number of hydrogen-bond acceptors (Lipinski definition) is 3. The zero-order chi connectivity index (χ0) is 15.9. The average molecular weight is 316 g/mol. The van der Waals surface area contributed by atoms with Gasteiger partial charge in [-0.05, 0) is 74.2 Å². The standard InChI is InChI=1S/C17H20N2O2S/c1-11-6-12(2)8-15(7-11)19-22(20,21)16-4-5-17-14(10-16)9-13(3)18-17/h4-8,10,13,18-19H,9H2,1-3H3. The van der Waals surface area contributed by atoms with Crippen LogP contribution in [0.15, 0.2) is 41.3 Å². The zero-order valence-electron chi connectivity index (χ0n) is 13.0. The lowest BCUT2D eigenvalue weighted by atomic mass is 10.1. The van der Waals surface area contributed by atoms with Crippen LogP contribution in [0.25, 0.3) is 0 Å².